The average molecular weight is 441 g/mol. The monoisotopic (exact) mass is 440 g/mol. The smallest absolute Gasteiger partial charge is 0.417 e. The third-order valence-electron chi connectivity index (χ3n) is 4.79. The Morgan fingerprint density at radius 2 is 1.70 bits per heavy atom. The molecule has 5 nitrogen and oxygen atoms in total. The Balaban J connectivity index is 1.49. The molecule has 0 saturated carbocycles. The number of piperidine rings is 1. The average Bonchev–Trinajstić information content (AvgIpc) is 2.73. The summed E-state index contributed by atoms with van der Waals surface area (Å²) >= 11 is 5.79. The van der Waals surface area contributed by atoms with Gasteiger partial charge in [-0.3, -0.25) is 9.59 Å². The normalized spacial score (nSPS) is 15.0. The van der Waals surface area contributed by atoms with Crippen LogP contribution in [-0.2, 0) is 11.0 Å². The largest absolute Gasteiger partial charge is 0.484 e. The number of carbonyl (C=O) groups is 2. The summed E-state index contributed by atoms with van der Waals surface area (Å²) in [4.78, 5) is 26.1. The van der Waals surface area contributed by atoms with Gasteiger partial charge < -0.3 is 15.0 Å². The van der Waals surface area contributed by atoms with E-state index in [-0.39, 0.29) is 37.2 Å². The van der Waals surface area contributed by atoms with Crippen molar-refractivity contribution >= 4 is 23.4 Å². The number of benzene rings is 2. The van der Waals surface area contributed by atoms with Crippen LogP contribution in [0.3, 0.4) is 0 Å². The number of rotatable bonds is 5. The molecule has 2 aromatic rings. The van der Waals surface area contributed by atoms with Crippen LogP contribution in [0.4, 0.5) is 13.2 Å². The topological polar surface area (TPSA) is 58.6 Å². The molecule has 1 saturated heterocycles. The Bertz CT molecular complexity index is 895. The first-order valence-corrected chi connectivity index (χ1v) is 9.75. The minimum absolute atomic E-state index is 0.167. The number of nitrogens with zero attached hydrogens (tertiary/aromatic N) is 1. The van der Waals surface area contributed by atoms with E-state index in [4.69, 9.17) is 16.3 Å². The van der Waals surface area contributed by atoms with Gasteiger partial charge >= 0.3 is 6.18 Å². The van der Waals surface area contributed by atoms with Crippen LogP contribution in [0.15, 0.2) is 48.5 Å². The van der Waals surface area contributed by atoms with Crippen LogP contribution in [0, 0.1) is 0 Å². The Kier molecular flexibility index (Phi) is 6.87. The summed E-state index contributed by atoms with van der Waals surface area (Å²) in [6, 6.07) is 11.2. The molecule has 0 aromatic heterocycles. The fourth-order valence-corrected chi connectivity index (χ4v) is 3.39. The molecule has 0 radical (unpaired) electrons. The Hall–Kier alpha value is -2.74. The molecule has 9 heteroatoms. The quantitative estimate of drug-likeness (QED) is 0.759. The molecule has 1 heterocycles. The Morgan fingerprint density at radius 3 is 2.33 bits per heavy atom. The van der Waals surface area contributed by atoms with Gasteiger partial charge in [-0.25, -0.2) is 0 Å². The second-order valence-corrected chi connectivity index (χ2v) is 7.36. The van der Waals surface area contributed by atoms with Crippen molar-refractivity contribution in [3.05, 3.63) is 64.7 Å². The van der Waals surface area contributed by atoms with Crippen molar-refractivity contribution in [3.8, 4) is 5.75 Å². The van der Waals surface area contributed by atoms with Gasteiger partial charge in [-0.15, -0.1) is 0 Å². The van der Waals surface area contributed by atoms with Crippen LogP contribution in [0.5, 0.6) is 5.75 Å². The molecule has 3 rings (SSSR count). The molecule has 1 aliphatic heterocycles. The first-order valence-electron chi connectivity index (χ1n) is 9.37. The lowest BCUT2D eigenvalue weighted by atomic mass is 10.0. The molecule has 160 valence electrons. The summed E-state index contributed by atoms with van der Waals surface area (Å²) in [5.74, 6) is -0.450. The maximum atomic E-state index is 13.2. The van der Waals surface area contributed by atoms with Gasteiger partial charge in [-0.2, -0.15) is 13.2 Å². The number of carbonyl (C=O) groups excluding carboxylic acids is 2. The summed E-state index contributed by atoms with van der Waals surface area (Å²) < 4.78 is 44.9. The van der Waals surface area contributed by atoms with Crippen LogP contribution < -0.4 is 10.1 Å². The Morgan fingerprint density at radius 1 is 1.07 bits per heavy atom. The molecule has 1 N–H and O–H groups in total. The van der Waals surface area contributed by atoms with E-state index in [1.54, 1.807) is 24.3 Å². The zero-order valence-corrected chi connectivity index (χ0v) is 16.7. The number of hydrogen-bond acceptors (Lipinski definition) is 3. The minimum Gasteiger partial charge on any atom is -0.484 e. The molecular weight excluding hydrogens is 421 g/mol. The third kappa shape index (κ3) is 5.66. The van der Waals surface area contributed by atoms with E-state index in [2.05, 4.69) is 5.32 Å². The molecule has 1 aliphatic rings. The first-order chi connectivity index (χ1) is 14.2. The van der Waals surface area contributed by atoms with Gasteiger partial charge in [0.05, 0.1) is 11.1 Å². The van der Waals surface area contributed by atoms with Gasteiger partial charge in [0, 0.05) is 24.2 Å². The molecule has 30 heavy (non-hydrogen) atoms. The van der Waals surface area contributed by atoms with Crippen LogP contribution in [0.2, 0.25) is 5.02 Å². The fourth-order valence-electron chi connectivity index (χ4n) is 3.26. The van der Waals surface area contributed by atoms with Crippen LogP contribution >= 0.6 is 11.6 Å². The second kappa shape index (κ2) is 9.38. The van der Waals surface area contributed by atoms with Gasteiger partial charge in [-0.05, 0) is 49.2 Å². The SMILES string of the molecule is O=C(COc1ccc(Cl)cc1)NC1CCN(C(=O)c2ccccc2C(F)(F)F)CC1. The highest BCUT2D eigenvalue weighted by Crippen LogP contribution is 2.32. The lowest BCUT2D eigenvalue weighted by molar-refractivity contribution is -0.138. The highest BCUT2D eigenvalue weighted by Gasteiger charge is 2.36. The van der Waals surface area contributed by atoms with Crippen molar-refractivity contribution in [2.75, 3.05) is 19.7 Å². The van der Waals surface area contributed by atoms with E-state index in [0.717, 1.165) is 6.07 Å². The number of ether oxygens (including phenoxy) is 1. The number of alkyl halides is 3. The third-order valence-corrected chi connectivity index (χ3v) is 5.05. The number of likely N-dealkylation sites (tertiary alicyclic amines) is 1. The number of hydrogen-bond donors (Lipinski definition) is 1. The number of amides is 2. The van der Waals surface area contributed by atoms with E-state index in [0.29, 0.717) is 23.6 Å². The Labute approximate surface area is 176 Å². The zero-order valence-electron chi connectivity index (χ0n) is 15.9. The lowest BCUT2D eigenvalue weighted by Crippen LogP contribution is -2.47. The maximum Gasteiger partial charge on any atom is 0.417 e. The van der Waals surface area contributed by atoms with Crippen molar-refractivity contribution in [1.82, 2.24) is 10.2 Å². The van der Waals surface area contributed by atoms with Gasteiger partial charge in [-0.1, -0.05) is 23.7 Å². The molecule has 1 fully saturated rings. The van der Waals surface area contributed by atoms with Gasteiger partial charge in [0.1, 0.15) is 5.75 Å². The van der Waals surface area contributed by atoms with Gasteiger partial charge in [0.15, 0.2) is 6.61 Å². The molecule has 0 spiro atoms. The standard InChI is InChI=1S/C21H20ClF3N2O3/c22-14-5-7-16(8-6-14)30-13-19(28)26-15-9-11-27(12-10-15)20(29)17-3-1-2-4-18(17)21(23,24)25/h1-8,15H,9-13H2,(H,26,28). The minimum atomic E-state index is -4.59. The molecule has 0 bridgehead atoms. The molecule has 2 aromatic carbocycles. The van der Waals surface area contributed by atoms with Crippen molar-refractivity contribution in [1.29, 1.82) is 0 Å². The zero-order chi connectivity index (χ0) is 21.7. The summed E-state index contributed by atoms with van der Waals surface area (Å²) in [6.07, 6.45) is -3.69. The number of nitrogens with one attached hydrogen (secondary N) is 1. The summed E-state index contributed by atoms with van der Waals surface area (Å²) in [5.41, 5.74) is -1.30. The maximum absolute atomic E-state index is 13.2. The first kappa shape index (κ1) is 22.0. The van der Waals surface area contributed by atoms with E-state index in [1.165, 1.54) is 23.1 Å². The molecule has 0 unspecified atom stereocenters. The number of halogens is 4. The van der Waals surface area contributed by atoms with E-state index in [1.807, 2.05) is 0 Å². The predicted octanol–water partition coefficient (Wildman–Crippen LogP) is 4.16. The van der Waals surface area contributed by atoms with Gasteiger partial charge in [0.2, 0.25) is 0 Å². The molecular formula is C21H20ClF3N2O3. The predicted molar refractivity (Wildman–Crippen MR) is 105 cm³/mol. The van der Waals surface area contributed by atoms with Crippen molar-refractivity contribution in [3.63, 3.8) is 0 Å². The highest BCUT2D eigenvalue weighted by atomic mass is 35.5. The summed E-state index contributed by atoms with van der Waals surface area (Å²) in [6.45, 7) is 0.349. The highest BCUT2D eigenvalue weighted by molar-refractivity contribution is 6.30. The van der Waals surface area contributed by atoms with E-state index in [9.17, 15) is 22.8 Å². The molecule has 0 atom stereocenters. The fraction of sp³-hybridized carbons (Fsp3) is 0.333. The molecule has 2 amide bonds. The van der Waals surface area contributed by atoms with Crippen molar-refractivity contribution in [2.45, 2.75) is 25.1 Å². The second-order valence-electron chi connectivity index (χ2n) is 6.92. The van der Waals surface area contributed by atoms with E-state index >= 15 is 0 Å². The van der Waals surface area contributed by atoms with Gasteiger partial charge in [0.25, 0.3) is 11.8 Å². The van der Waals surface area contributed by atoms with Crippen molar-refractivity contribution in [2.24, 2.45) is 0 Å². The molecule has 0 aliphatic carbocycles. The van der Waals surface area contributed by atoms with Crippen LogP contribution in [0.1, 0.15) is 28.8 Å². The van der Waals surface area contributed by atoms with Crippen LogP contribution in [0.25, 0.3) is 0 Å². The summed E-state index contributed by atoms with van der Waals surface area (Å²) in [5, 5.41) is 3.39. The lowest BCUT2D eigenvalue weighted by Gasteiger charge is -2.33. The van der Waals surface area contributed by atoms with Crippen molar-refractivity contribution < 1.29 is 27.5 Å². The van der Waals surface area contributed by atoms with E-state index < -0.39 is 17.6 Å². The summed E-state index contributed by atoms with van der Waals surface area (Å²) in [7, 11) is 0. The van der Waals surface area contributed by atoms with Crippen LogP contribution in [-0.4, -0.2) is 42.5 Å².